The highest BCUT2D eigenvalue weighted by Crippen LogP contribution is 2.17. The van der Waals surface area contributed by atoms with Crippen LogP contribution in [-0.4, -0.2) is 38.1 Å². The molecule has 7 heteroatoms. The van der Waals surface area contributed by atoms with Crippen LogP contribution in [-0.2, 0) is 17.6 Å². The molecule has 0 atom stereocenters. The highest BCUT2D eigenvalue weighted by atomic mass is 16.1. The van der Waals surface area contributed by atoms with Gasteiger partial charge in [-0.15, -0.1) is 10.2 Å². The third kappa shape index (κ3) is 2.66. The number of fused-ring (bicyclic) bond motifs is 1. The summed E-state index contributed by atoms with van der Waals surface area (Å²) < 4.78 is 0. The molecule has 20 heavy (non-hydrogen) atoms. The lowest BCUT2D eigenvalue weighted by Crippen LogP contribution is -2.27. The molecule has 0 bridgehead atoms. The summed E-state index contributed by atoms with van der Waals surface area (Å²) in [6, 6.07) is 7.93. The maximum Gasteiger partial charge on any atom is 0.224 e. The van der Waals surface area contributed by atoms with E-state index in [2.05, 4.69) is 30.9 Å². The largest absolute Gasteiger partial charge is 0.361 e. The molecule has 0 aliphatic heterocycles. The van der Waals surface area contributed by atoms with Crippen molar-refractivity contribution in [2.45, 2.75) is 12.8 Å². The lowest BCUT2D eigenvalue weighted by atomic mass is 10.1. The lowest BCUT2D eigenvalue weighted by molar-refractivity contribution is -0.120. The van der Waals surface area contributed by atoms with E-state index in [9.17, 15) is 4.79 Å². The molecule has 0 saturated carbocycles. The first kappa shape index (κ1) is 12.3. The molecule has 0 radical (unpaired) electrons. The van der Waals surface area contributed by atoms with Crippen molar-refractivity contribution in [2.75, 3.05) is 6.54 Å². The minimum Gasteiger partial charge on any atom is -0.361 e. The van der Waals surface area contributed by atoms with Crippen LogP contribution >= 0.6 is 0 Å². The molecule has 1 aromatic carbocycles. The Kier molecular flexibility index (Phi) is 3.40. The van der Waals surface area contributed by atoms with Crippen molar-refractivity contribution in [3.8, 4) is 0 Å². The van der Waals surface area contributed by atoms with Gasteiger partial charge in [0.1, 0.15) is 0 Å². The second-order valence-electron chi connectivity index (χ2n) is 4.46. The molecule has 0 saturated heterocycles. The third-order valence-corrected chi connectivity index (χ3v) is 3.09. The number of rotatable bonds is 5. The predicted molar refractivity (Wildman–Crippen MR) is 72.9 cm³/mol. The zero-order valence-corrected chi connectivity index (χ0v) is 10.8. The predicted octanol–water partition coefficient (Wildman–Crippen LogP) is 0.582. The summed E-state index contributed by atoms with van der Waals surface area (Å²) >= 11 is 0. The van der Waals surface area contributed by atoms with Crippen LogP contribution in [0.25, 0.3) is 10.9 Å². The lowest BCUT2D eigenvalue weighted by Gasteiger charge is -2.02. The van der Waals surface area contributed by atoms with Crippen LogP contribution in [0, 0.1) is 0 Å². The van der Waals surface area contributed by atoms with E-state index < -0.39 is 0 Å². The van der Waals surface area contributed by atoms with Gasteiger partial charge in [-0.3, -0.25) is 4.79 Å². The molecule has 102 valence electrons. The Hall–Kier alpha value is -2.70. The smallest absolute Gasteiger partial charge is 0.224 e. The summed E-state index contributed by atoms with van der Waals surface area (Å²) in [6.07, 6.45) is 2.80. The average molecular weight is 270 g/mol. The Balaban J connectivity index is 1.56. The number of para-hydroxylation sites is 1. The summed E-state index contributed by atoms with van der Waals surface area (Å²) in [5.41, 5.74) is 2.04. The van der Waals surface area contributed by atoms with Gasteiger partial charge in [0.2, 0.25) is 5.91 Å². The van der Waals surface area contributed by atoms with Gasteiger partial charge in [0.05, 0.1) is 6.42 Å². The fourth-order valence-corrected chi connectivity index (χ4v) is 2.12. The monoisotopic (exact) mass is 270 g/mol. The highest BCUT2D eigenvalue weighted by Gasteiger charge is 2.08. The van der Waals surface area contributed by atoms with E-state index in [4.69, 9.17) is 0 Å². The zero-order valence-electron chi connectivity index (χ0n) is 10.8. The number of carbonyl (C=O) groups is 1. The number of hydrogen-bond acceptors (Lipinski definition) is 4. The molecule has 3 N–H and O–H groups in total. The number of nitrogens with one attached hydrogen (secondary N) is 3. The third-order valence-electron chi connectivity index (χ3n) is 3.09. The molecule has 1 amide bonds. The highest BCUT2D eigenvalue weighted by molar-refractivity contribution is 5.88. The van der Waals surface area contributed by atoms with Crippen molar-refractivity contribution in [1.29, 1.82) is 0 Å². The van der Waals surface area contributed by atoms with Gasteiger partial charge in [-0.25, -0.2) is 0 Å². The van der Waals surface area contributed by atoms with E-state index >= 15 is 0 Å². The van der Waals surface area contributed by atoms with Crippen LogP contribution in [0.4, 0.5) is 0 Å². The summed E-state index contributed by atoms with van der Waals surface area (Å²) in [5.74, 6) is 0.579. The van der Waals surface area contributed by atoms with Crippen molar-refractivity contribution in [1.82, 2.24) is 30.9 Å². The number of carbonyl (C=O) groups excluding carboxylic acids is 1. The normalized spacial score (nSPS) is 10.8. The van der Waals surface area contributed by atoms with Crippen LogP contribution in [0.1, 0.15) is 11.4 Å². The van der Waals surface area contributed by atoms with Gasteiger partial charge in [0.15, 0.2) is 5.82 Å². The number of aromatic nitrogens is 5. The molecule has 0 aliphatic rings. The van der Waals surface area contributed by atoms with Crippen LogP contribution in [0.3, 0.4) is 0 Å². The van der Waals surface area contributed by atoms with E-state index in [1.807, 2.05) is 30.5 Å². The number of hydrogen-bond donors (Lipinski definition) is 3. The van der Waals surface area contributed by atoms with E-state index in [0.29, 0.717) is 25.2 Å². The van der Waals surface area contributed by atoms with E-state index in [0.717, 1.165) is 16.5 Å². The number of aromatic amines is 2. The Morgan fingerprint density at radius 3 is 3.05 bits per heavy atom. The van der Waals surface area contributed by atoms with Gasteiger partial charge in [-0.05, 0) is 11.6 Å². The maximum atomic E-state index is 11.9. The van der Waals surface area contributed by atoms with Crippen LogP contribution in [0.2, 0.25) is 0 Å². The summed E-state index contributed by atoms with van der Waals surface area (Å²) in [4.78, 5) is 15.1. The fourth-order valence-electron chi connectivity index (χ4n) is 2.12. The Labute approximate surface area is 114 Å². The maximum absolute atomic E-state index is 11.9. The number of tetrazole rings is 1. The molecule has 2 heterocycles. The molecule has 0 spiro atoms. The minimum atomic E-state index is -0.0155. The van der Waals surface area contributed by atoms with E-state index in [-0.39, 0.29) is 5.91 Å². The molecule has 0 aliphatic carbocycles. The van der Waals surface area contributed by atoms with Gasteiger partial charge in [-0.2, -0.15) is 5.21 Å². The van der Waals surface area contributed by atoms with Gasteiger partial charge in [0.25, 0.3) is 0 Å². The molecular formula is C13H14N6O. The van der Waals surface area contributed by atoms with Gasteiger partial charge in [0, 0.05) is 30.1 Å². The molecule has 0 unspecified atom stereocenters. The Morgan fingerprint density at radius 2 is 2.20 bits per heavy atom. The van der Waals surface area contributed by atoms with Crippen molar-refractivity contribution >= 4 is 16.8 Å². The van der Waals surface area contributed by atoms with Crippen LogP contribution < -0.4 is 5.32 Å². The first-order chi connectivity index (χ1) is 9.83. The summed E-state index contributed by atoms with van der Waals surface area (Å²) in [7, 11) is 0. The number of nitrogens with zero attached hydrogens (tertiary/aromatic N) is 3. The first-order valence-electron chi connectivity index (χ1n) is 6.37. The van der Waals surface area contributed by atoms with Crippen molar-refractivity contribution in [3.63, 3.8) is 0 Å². The van der Waals surface area contributed by atoms with Gasteiger partial charge in [-0.1, -0.05) is 23.4 Å². The summed E-state index contributed by atoms with van der Waals surface area (Å²) in [5, 5.41) is 17.4. The topological polar surface area (TPSA) is 99.4 Å². The Bertz CT molecular complexity index is 703. The zero-order chi connectivity index (χ0) is 13.8. The second kappa shape index (κ2) is 5.52. The van der Waals surface area contributed by atoms with Crippen LogP contribution in [0.15, 0.2) is 30.5 Å². The number of benzene rings is 1. The molecule has 3 rings (SSSR count). The average Bonchev–Trinajstić information content (AvgIpc) is 3.09. The quantitative estimate of drug-likeness (QED) is 0.631. The first-order valence-corrected chi connectivity index (χ1v) is 6.37. The molecule has 3 aromatic rings. The van der Waals surface area contributed by atoms with Crippen LogP contribution in [0.5, 0.6) is 0 Å². The summed E-state index contributed by atoms with van der Waals surface area (Å²) in [6.45, 7) is 0.501. The van der Waals surface area contributed by atoms with Crippen molar-refractivity contribution < 1.29 is 4.79 Å². The second-order valence-corrected chi connectivity index (χ2v) is 4.46. The SMILES string of the molecule is O=C(Cc1c[nH]c2ccccc12)NCCc1nn[nH]n1. The Morgan fingerprint density at radius 1 is 1.30 bits per heavy atom. The van der Waals surface area contributed by atoms with E-state index in [1.54, 1.807) is 0 Å². The molecular weight excluding hydrogens is 256 g/mol. The van der Waals surface area contributed by atoms with E-state index in [1.165, 1.54) is 0 Å². The van der Waals surface area contributed by atoms with Crippen molar-refractivity contribution in [3.05, 3.63) is 41.9 Å². The van der Waals surface area contributed by atoms with Crippen molar-refractivity contribution in [2.24, 2.45) is 0 Å². The minimum absolute atomic E-state index is 0.0155. The fraction of sp³-hybridized carbons (Fsp3) is 0.231. The standard InChI is InChI=1S/C13H14N6O/c20-13(14-6-5-12-16-18-19-17-12)7-9-8-15-11-4-2-1-3-10(9)11/h1-4,8,15H,5-7H2,(H,14,20)(H,16,17,18,19). The number of amides is 1. The molecule has 7 nitrogen and oxygen atoms in total. The molecule has 2 aromatic heterocycles. The molecule has 0 fully saturated rings. The van der Waals surface area contributed by atoms with Gasteiger partial charge >= 0.3 is 0 Å². The number of H-pyrrole nitrogens is 2. The van der Waals surface area contributed by atoms with Gasteiger partial charge < -0.3 is 10.3 Å².